The van der Waals surface area contributed by atoms with Crippen molar-refractivity contribution in [2.45, 2.75) is 57.0 Å². The summed E-state index contributed by atoms with van der Waals surface area (Å²) in [5, 5.41) is 3.76. The monoisotopic (exact) mass is 539 g/mol. The largest absolute Gasteiger partial charge is 0.462 e. The molecule has 0 spiro atoms. The van der Waals surface area contributed by atoms with E-state index in [2.05, 4.69) is 17.1 Å². The van der Waals surface area contributed by atoms with E-state index >= 15 is 0 Å². The number of rotatable bonds is 8. The van der Waals surface area contributed by atoms with Crippen LogP contribution in [0.3, 0.4) is 0 Å². The molecule has 1 aromatic heterocycles. The highest BCUT2D eigenvalue weighted by molar-refractivity contribution is 7.89. The van der Waals surface area contributed by atoms with Crippen LogP contribution in [0, 0.1) is 0 Å². The number of carbonyl (C=O) groups is 2. The maximum atomic E-state index is 13.4. The van der Waals surface area contributed by atoms with Crippen LogP contribution in [0.5, 0.6) is 0 Å². The summed E-state index contributed by atoms with van der Waals surface area (Å²) in [6.07, 6.45) is 2.72. The third-order valence-corrected chi connectivity index (χ3v) is 9.63. The molecule has 11 heteroatoms. The van der Waals surface area contributed by atoms with Gasteiger partial charge >= 0.3 is 5.97 Å². The molecule has 1 fully saturated rings. The molecule has 2 aromatic rings. The Hall–Kier alpha value is -1.98. The van der Waals surface area contributed by atoms with Crippen LogP contribution in [0.4, 0.5) is 5.00 Å². The molecule has 35 heavy (non-hydrogen) atoms. The molecular formula is C24H30ClN3O5S2. The SMILES string of the molecule is CCCN1CCc2c(sc(NC(=O)C3CCCN3S(=O)(=O)c3ccc(Cl)cc3)c2C(=O)OCC)C1. The molecule has 1 N–H and O–H groups in total. The van der Waals surface area contributed by atoms with Crippen molar-refractivity contribution >= 4 is 49.8 Å². The van der Waals surface area contributed by atoms with Crippen LogP contribution < -0.4 is 5.32 Å². The zero-order valence-corrected chi connectivity index (χ0v) is 22.3. The van der Waals surface area contributed by atoms with E-state index in [0.29, 0.717) is 34.8 Å². The first kappa shape index (κ1) is 26.1. The number of fused-ring (bicyclic) bond motifs is 1. The van der Waals surface area contributed by atoms with Crippen LogP contribution in [0.25, 0.3) is 0 Å². The van der Waals surface area contributed by atoms with Crippen LogP contribution in [-0.2, 0) is 32.5 Å². The first-order valence-electron chi connectivity index (χ1n) is 11.9. The van der Waals surface area contributed by atoms with Crippen LogP contribution >= 0.6 is 22.9 Å². The maximum Gasteiger partial charge on any atom is 0.341 e. The van der Waals surface area contributed by atoms with Crippen LogP contribution in [0.1, 0.15) is 53.9 Å². The number of thiophene rings is 1. The van der Waals surface area contributed by atoms with Gasteiger partial charge < -0.3 is 10.1 Å². The summed E-state index contributed by atoms with van der Waals surface area (Å²) < 4.78 is 33.1. The van der Waals surface area contributed by atoms with Gasteiger partial charge in [-0.1, -0.05) is 18.5 Å². The number of hydrogen-bond donors (Lipinski definition) is 1. The lowest BCUT2D eigenvalue weighted by molar-refractivity contribution is -0.119. The van der Waals surface area contributed by atoms with E-state index < -0.39 is 27.9 Å². The van der Waals surface area contributed by atoms with Gasteiger partial charge in [0, 0.05) is 29.5 Å². The van der Waals surface area contributed by atoms with Crippen molar-refractivity contribution in [3.63, 3.8) is 0 Å². The summed E-state index contributed by atoms with van der Waals surface area (Å²) in [7, 11) is -3.87. The summed E-state index contributed by atoms with van der Waals surface area (Å²) in [6.45, 7) is 6.88. The number of hydrogen-bond acceptors (Lipinski definition) is 7. The Labute approximate surface area is 215 Å². The molecule has 1 amide bonds. The zero-order valence-electron chi connectivity index (χ0n) is 19.9. The van der Waals surface area contributed by atoms with Gasteiger partial charge in [0.1, 0.15) is 11.0 Å². The second kappa shape index (κ2) is 11.0. The molecule has 3 heterocycles. The van der Waals surface area contributed by atoms with E-state index in [4.69, 9.17) is 16.3 Å². The zero-order chi connectivity index (χ0) is 25.2. The first-order chi connectivity index (χ1) is 16.8. The Kier molecular flexibility index (Phi) is 8.17. The highest BCUT2D eigenvalue weighted by atomic mass is 35.5. The number of esters is 1. The van der Waals surface area contributed by atoms with E-state index in [1.165, 1.54) is 39.9 Å². The van der Waals surface area contributed by atoms with E-state index in [1.54, 1.807) is 6.92 Å². The molecule has 1 unspecified atom stereocenters. The minimum Gasteiger partial charge on any atom is -0.462 e. The van der Waals surface area contributed by atoms with Gasteiger partial charge in [-0.3, -0.25) is 9.69 Å². The lowest BCUT2D eigenvalue weighted by Crippen LogP contribution is -2.43. The minimum absolute atomic E-state index is 0.0939. The van der Waals surface area contributed by atoms with Crippen molar-refractivity contribution < 1.29 is 22.7 Å². The standard InChI is InChI=1S/C24H30ClN3O5S2/c1-3-12-27-14-11-18-20(15-27)34-23(21(18)24(30)33-4-2)26-22(29)19-6-5-13-28(19)35(31,32)17-9-7-16(25)8-10-17/h7-10,19H,3-6,11-15H2,1-2H3,(H,26,29). The molecule has 2 aliphatic rings. The summed E-state index contributed by atoms with van der Waals surface area (Å²) in [6, 6.07) is 5.06. The van der Waals surface area contributed by atoms with Gasteiger partial charge in [0.25, 0.3) is 0 Å². The van der Waals surface area contributed by atoms with Crippen molar-refractivity contribution in [2.75, 3.05) is 31.6 Å². The second-order valence-electron chi connectivity index (χ2n) is 8.67. The highest BCUT2D eigenvalue weighted by Crippen LogP contribution is 2.38. The van der Waals surface area contributed by atoms with Gasteiger partial charge in [0.05, 0.1) is 17.1 Å². The number of nitrogens with zero attached hydrogens (tertiary/aromatic N) is 2. The van der Waals surface area contributed by atoms with Crippen LogP contribution in [-0.4, -0.2) is 61.8 Å². The van der Waals surface area contributed by atoms with Gasteiger partial charge in [-0.25, -0.2) is 13.2 Å². The number of carbonyl (C=O) groups excluding carboxylic acids is 2. The Bertz CT molecular complexity index is 1200. The molecule has 8 nitrogen and oxygen atoms in total. The average Bonchev–Trinajstić information content (AvgIpc) is 3.45. The Balaban J connectivity index is 1.60. The highest BCUT2D eigenvalue weighted by Gasteiger charge is 2.40. The number of benzene rings is 1. The fourth-order valence-corrected chi connectivity index (χ4v) is 7.76. The van der Waals surface area contributed by atoms with Crippen molar-refractivity contribution in [3.05, 3.63) is 45.3 Å². The molecule has 0 radical (unpaired) electrons. The number of amides is 1. The number of anilines is 1. The molecule has 1 aromatic carbocycles. The van der Waals surface area contributed by atoms with Gasteiger partial charge in [-0.2, -0.15) is 4.31 Å². The third kappa shape index (κ3) is 5.41. The van der Waals surface area contributed by atoms with Crippen molar-refractivity contribution in [3.8, 4) is 0 Å². The topological polar surface area (TPSA) is 96.0 Å². The summed E-state index contributed by atoms with van der Waals surface area (Å²) in [4.78, 5) is 29.7. The lowest BCUT2D eigenvalue weighted by atomic mass is 10.0. The van der Waals surface area contributed by atoms with Crippen LogP contribution in [0.15, 0.2) is 29.2 Å². The molecule has 1 saturated heterocycles. The number of sulfonamides is 1. The van der Waals surface area contributed by atoms with Gasteiger partial charge in [0.2, 0.25) is 15.9 Å². The normalized spacial score (nSPS) is 18.9. The minimum atomic E-state index is -3.87. The summed E-state index contributed by atoms with van der Waals surface area (Å²) in [5.41, 5.74) is 1.33. The molecule has 4 rings (SSSR count). The molecule has 2 aliphatic heterocycles. The van der Waals surface area contributed by atoms with Crippen molar-refractivity contribution in [1.29, 1.82) is 0 Å². The molecular weight excluding hydrogens is 510 g/mol. The van der Waals surface area contributed by atoms with Gasteiger partial charge in [-0.15, -0.1) is 11.3 Å². The molecule has 1 atom stereocenters. The average molecular weight is 540 g/mol. The predicted octanol–water partition coefficient (Wildman–Crippen LogP) is 4.14. The number of halogens is 1. The predicted molar refractivity (Wildman–Crippen MR) is 137 cm³/mol. The van der Waals surface area contributed by atoms with E-state index in [1.807, 2.05) is 0 Å². The van der Waals surface area contributed by atoms with E-state index in [-0.39, 0.29) is 18.0 Å². The Morgan fingerprint density at radius 3 is 2.63 bits per heavy atom. The Morgan fingerprint density at radius 2 is 1.94 bits per heavy atom. The van der Waals surface area contributed by atoms with Crippen molar-refractivity contribution in [2.24, 2.45) is 0 Å². The quantitative estimate of drug-likeness (QED) is 0.507. The lowest BCUT2D eigenvalue weighted by Gasteiger charge is -2.26. The van der Waals surface area contributed by atoms with Crippen LogP contribution in [0.2, 0.25) is 5.02 Å². The Morgan fingerprint density at radius 1 is 1.20 bits per heavy atom. The molecule has 0 bridgehead atoms. The first-order valence-corrected chi connectivity index (χ1v) is 14.5. The molecule has 0 aliphatic carbocycles. The third-order valence-electron chi connectivity index (χ3n) is 6.32. The fourth-order valence-electron chi connectivity index (χ4n) is 4.70. The fraction of sp³-hybridized carbons (Fsp3) is 0.500. The second-order valence-corrected chi connectivity index (χ2v) is 12.1. The summed E-state index contributed by atoms with van der Waals surface area (Å²) >= 11 is 7.29. The van der Waals surface area contributed by atoms with Gasteiger partial charge in [-0.05, 0) is 69.0 Å². The summed E-state index contributed by atoms with van der Waals surface area (Å²) in [5.74, 6) is -0.893. The maximum absolute atomic E-state index is 13.4. The number of ether oxygens (including phenoxy) is 1. The smallest absolute Gasteiger partial charge is 0.341 e. The van der Waals surface area contributed by atoms with E-state index in [0.717, 1.165) is 36.5 Å². The number of nitrogens with one attached hydrogen (secondary N) is 1. The van der Waals surface area contributed by atoms with Crippen molar-refractivity contribution in [1.82, 2.24) is 9.21 Å². The van der Waals surface area contributed by atoms with Gasteiger partial charge in [0.15, 0.2) is 0 Å². The van der Waals surface area contributed by atoms with E-state index in [9.17, 15) is 18.0 Å². The molecule has 190 valence electrons. The molecule has 0 saturated carbocycles.